The van der Waals surface area contributed by atoms with Crippen molar-refractivity contribution >= 4 is 23.0 Å². The number of aliphatic hydroxyl groups is 1. The van der Waals surface area contributed by atoms with E-state index in [-0.39, 0.29) is 12.6 Å². The first-order chi connectivity index (χ1) is 11.7. The Bertz CT molecular complexity index is 634. The van der Waals surface area contributed by atoms with Crippen LogP contribution in [-0.4, -0.2) is 59.8 Å². The highest BCUT2D eigenvalue weighted by Crippen LogP contribution is 2.25. The Balaban J connectivity index is 1.68. The molecule has 2 N–H and O–H groups in total. The van der Waals surface area contributed by atoms with Crippen molar-refractivity contribution in [3.05, 3.63) is 34.8 Å². The summed E-state index contributed by atoms with van der Waals surface area (Å²) in [5.74, 6) is 1.71. The van der Waals surface area contributed by atoms with Gasteiger partial charge in [0.1, 0.15) is 18.0 Å². The van der Waals surface area contributed by atoms with Gasteiger partial charge in [0.05, 0.1) is 18.7 Å². The molecule has 2 atom stereocenters. The molecule has 3 heterocycles. The second-order valence-corrected chi connectivity index (χ2v) is 7.13. The summed E-state index contributed by atoms with van der Waals surface area (Å²) in [4.78, 5) is 13.1. The molecule has 0 bridgehead atoms. The Morgan fingerprint density at radius 1 is 1.46 bits per heavy atom. The summed E-state index contributed by atoms with van der Waals surface area (Å²) in [7, 11) is 4.18. The van der Waals surface area contributed by atoms with Gasteiger partial charge in [0.25, 0.3) is 0 Å². The number of hydrogen-bond donors (Lipinski definition) is 2. The van der Waals surface area contributed by atoms with E-state index < -0.39 is 0 Å². The molecular formula is C17H25N5OS. The van der Waals surface area contributed by atoms with Crippen LogP contribution in [-0.2, 0) is 0 Å². The third-order valence-electron chi connectivity index (χ3n) is 4.56. The zero-order chi connectivity index (χ0) is 16.9. The van der Waals surface area contributed by atoms with Crippen molar-refractivity contribution in [3.63, 3.8) is 0 Å². The SMILES string of the molecule is CN(C)[C@H](CNc1cc(N2CCC[C@H]2CO)ncn1)c1ccsc1. The summed E-state index contributed by atoms with van der Waals surface area (Å²) in [6.07, 6.45) is 3.71. The normalized spacial score (nSPS) is 19.0. The summed E-state index contributed by atoms with van der Waals surface area (Å²) in [6, 6.07) is 4.62. The average Bonchev–Trinajstić information content (AvgIpc) is 3.26. The third kappa shape index (κ3) is 3.85. The van der Waals surface area contributed by atoms with Gasteiger partial charge in [-0.1, -0.05) is 0 Å². The first-order valence-electron chi connectivity index (χ1n) is 8.31. The van der Waals surface area contributed by atoms with E-state index in [1.54, 1.807) is 17.7 Å². The number of thiophene rings is 1. The van der Waals surface area contributed by atoms with Crippen LogP contribution >= 0.6 is 11.3 Å². The van der Waals surface area contributed by atoms with Crippen LogP contribution in [0.2, 0.25) is 0 Å². The molecule has 24 heavy (non-hydrogen) atoms. The highest BCUT2D eigenvalue weighted by Gasteiger charge is 2.25. The van der Waals surface area contributed by atoms with Crippen molar-refractivity contribution < 1.29 is 5.11 Å². The number of aliphatic hydroxyl groups excluding tert-OH is 1. The van der Waals surface area contributed by atoms with Gasteiger partial charge in [-0.3, -0.25) is 0 Å². The van der Waals surface area contributed by atoms with E-state index >= 15 is 0 Å². The van der Waals surface area contributed by atoms with Crippen LogP contribution in [0.5, 0.6) is 0 Å². The molecule has 0 amide bonds. The first-order valence-corrected chi connectivity index (χ1v) is 9.25. The monoisotopic (exact) mass is 347 g/mol. The fourth-order valence-electron chi connectivity index (χ4n) is 3.19. The minimum Gasteiger partial charge on any atom is -0.394 e. The zero-order valence-corrected chi connectivity index (χ0v) is 15.0. The van der Waals surface area contributed by atoms with E-state index in [0.29, 0.717) is 6.04 Å². The molecule has 1 saturated heterocycles. The van der Waals surface area contributed by atoms with Crippen LogP contribution < -0.4 is 10.2 Å². The number of likely N-dealkylation sites (N-methyl/N-ethyl adjacent to an activating group) is 1. The van der Waals surface area contributed by atoms with E-state index in [0.717, 1.165) is 37.6 Å². The molecule has 3 rings (SSSR count). The molecule has 0 aromatic carbocycles. The molecule has 0 spiro atoms. The number of hydrogen-bond acceptors (Lipinski definition) is 7. The summed E-state index contributed by atoms with van der Waals surface area (Å²) in [6.45, 7) is 1.90. The fourth-order valence-corrected chi connectivity index (χ4v) is 3.90. The van der Waals surface area contributed by atoms with Gasteiger partial charge in [0.2, 0.25) is 0 Å². The predicted octanol–water partition coefficient (Wildman–Crippen LogP) is 2.21. The molecule has 1 aliphatic rings. The quantitative estimate of drug-likeness (QED) is 0.801. The topological polar surface area (TPSA) is 64.5 Å². The van der Waals surface area contributed by atoms with Gasteiger partial charge in [0, 0.05) is 19.2 Å². The molecule has 2 aromatic heterocycles. The van der Waals surface area contributed by atoms with Gasteiger partial charge in [-0.05, 0) is 49.3 Å². The Morgan fingerprint density at radius 2 is 2.33 bits per heavy atom. The van der Waals surface area contributed by atoms with Crippen molar-refractivity contribution in [2.75, 3.05) is 44.0 Å². The lowest BCUT2D eigenvalue weighted by atomic mass is 10.1. The lowest BCUT2D eigenvalue weighted by Gasteiger charge is -2.26. The van der Waals surface area contributed by atoms with Crippen molar-refractivity contribution in [2.24, 2.45) is 0 Å². The van der Waals surface area contributed by atoms with E-state index in [2.05, 4.69) is 56.0 Å². The van der Waals surface area contributed by atoms with Crippen LogP contribution in [0.15, 0.2) is 29.2 Å². The summed E-state index contributed by atoms with van der Waals surface area (Å²) < 4.78 is 0. The van der Waals surface area contributed by atoms with Gasteiger partial charge in [-0.25, -0.2) is 9.97 Å². The number of nitrogens with zero attached hydrogens (tertiary/aromatic N) is 4. The highest BCUT2D eigenvalue weighted by molar-refractivity contribution is 7.07. The molecule has 0 radical (unpaired) electrons. The van der Waals surface area contributed by atoms with Crippen molar-refractivity contribution in [1.82, 2.24) is 14.9 Å². The van der Waals surface area contributed by atoms with Crippen molar-refractivity contribution in [1.29, 1.82) is 0 Å². The van der Waals surface area contributed by atoms with Crippen molar-refractivity contribution in [3.8, 4) is 0 Å². The number of rotatable bonds is 7. The van der Waals surface area contributed by atoms with Crippen LogP contribution in [0.4, 0.5) is 11.6 Å². The van der Waals surface area contributed by atoms with Crippen LogP contribution in [0, 0.1) is 0 Å². The molecular weight excluding hydrogens is 322 g/mol. The van der Waals surface area contributed by atoms with Crippen molar-refractivity contribution in [2.45, 2.75) is 24.9 Å². The van der Waals surface area contributed by atoms with Crippen LogP contribution in [0.3, 0.4) is 0 Å². The largest absolute Gasteiger partial charge is 0.394 e. The summed E-state index contributed by atoms with van der Waals surface area (Å²) in [5.41, 5.74) is 1.31. The molecule has 130 valence electrons. The van der Waals surface area contributed by atoms with Crippen LogP contribution in [0.1, 0.15) is 24.4 Å². The number of nitrogens with one attached hydrogen (secondary N) is 1. The molecule has 1 aliphatic heterocycles. The second kappa shape index (κ2) is 7.92. The molecule has 0 saturated carbocycles. The maximum atomic E-state index is 9.50. The van der Waals surface area contributed by atoms with Gasteiger partial charge in [0.15, 0.2) is 0 Å². The Morgan fingerprint density at radius 3 is 3.04 bits per heavy atom. The van der Waals surface area contributed by atoms with Gasteiger partial charge in [-0.15, -0.1) is 0 Å². The Kier molecular flexibility index (Phi) is 5.65. The summed E-state index contributed by atoms with van der Waals surface area (Å²) in [5, 5.41) is 17.2. The minimum absolute atomic E-state index is 0.174. The third-order valence-corrected chi connectivity index (χ3v) is 5.26. The van der Waals surface area contributed by atoms with E-state index in [1.165, 1.54) is 5.56 Å². The molecule has 7 heteroatoms. The lowest BCUT2D eigenvalue weighted by Crippen LogP contribution is -2.32. The van der Waals surface area contributed by atoms with Crippen LogP contribution in [0.25, 0.3) is 0 Å². The van der Waals surface area contributed by atoms with Gasteiger partial charge in [-0.2, -0.15) is 11.3 Å². The molecule has 6 nitrogen and oxygen atoms in total. The van der Waals surface area contributed by atoms with Gasteiger partial charge >= 0.3 is 0 Å². The maximum Gasteiger partial charge on any atom is 0.134 e. The molecule has 2 aromatic rings. The van der Waals surface area contributed by atoms with E-state index in [4.69, 9.17) is 0 Å². The molecule has 1 fully saturated rings. The smallest absolute Gasteiger partial charge is 0.134 e. The lowest BCUT2D eigenvalue weighted by molar-refractivity contribution is 0.266. The van der Waals surface area contributed by atoms with E-state index in [1.807, 2.05) is 6.07 Å². The Labute approximate surface area is 147 Å². The second-order valence-electron chi connectivity index (χ2n) is 6.35. The summed E-state index contributed by atoms with van der Waals surface area (Å²) >= 11 is 1.72. The standard InChI is InChI=1S/C17H25N5OS/c1-21(2)15(13-5-7-24-11-13)9-18-16-8-17(20-12-19-16)22-6-3-4-14(22)10-23/h5,7-8,11-12,14-15,23H,3-4,6,9-10H2,1-2H3,(H,18,19,20)/t14-,15+/m0/s1. The maximum absolute atomic E-state index is 9.50. The average molecular weight is 347 g/mol. The number of anilines is 2. The minimum atomic E-state index is 0.174. The molecule has 0 aliphatic carbocycles. The fraction of sp³-hybridized carbons (Fsp3) is 0.529. The zero-order valence-electron chi connectivity index (χ0n) is 14.2. The predicted molar refractivity (Wildman–Crippen MR) is 98.7 cm³/mol. The van der Waals surface area contributed by atoms with E-state index in [9.17, 15) is 5.11 Å². The number of aromatic nitrogens is 2. The van der Waals surface area contributed by atoms with Gasteiger partial charge < -0.3 is 20.2 Å². The highest BCUT2D eigenvalue weighted by atomic mass is 32.1. The first kappa shape index (κ1) is 17.1. The Hall–Kier alpha value is -1.70. The molecule has 0 unspecified atom stereocenters.